The van der Waals surface area contributed by atoms with Gasteiger partial charge in [-0.15, -0.1) is 0 Å². The van der Waals surface area contributed by atoms with Crippen LogP contribution in [0.25, 0.3) is 0 Å². The molecule has 1 saturated carbocycles. The molecule has 33 heavy (non-hydrogen) atoms. The smallest absolute Gasteiger partial charge is 0.222 e. The van der Waals surface area contributed by atoms with Gasteiger partial charge in [0.1, 0.15) is 30.2 Å². The number of rotatable bonds is 7. The van der Waals surface area contributed by atoms with Gasteiger partial charge in [-0.3, -0.25) is 0 Å². The third-order valence-corrected chi connectivity index (χ3v) is 7.02. The van der Waals surface area contributed by atoms with Crippen molar-refractivity contribution in [3.05, 3.63) is 64.2 Å². The van der Waals surface area contributed by atoms with E-state index in [1.165, 1.54) is 5.56 Å². The number of hydrogen-bond acceptors (Lipinski definition) is 7. The summed E-state index contributed by atoms with van der Waals surface area (Å²) in [6.07, 6.45) is -1.64. The average molecular weight is 459 g/mol. The summed E-state index contributed by atoms with van der Waals surface area (Å²) < 4.78 is 11.8. The normalized spacial score (nSPS) is 30.2. The predicted molar refractivity (Wildman–Crippen MR) is 122 cm³/mol. The van der Waals surface area contributed by atoms with Gasteiger partial charge >= 0.3 is 0 Å². The SMILES string of the molecule is CCc1ccc(Cc2cc(C3(O)O[C@H](CO)[C@@H](O)[C@H](O)[C@H]3O)cc(OC3CCC3)c2C)cc1. The summed E-state index contributed by atoms with van der Waals surface area (Å²) in [6, 6.07) is 11.7. The molecular formula is C26H34O7. The van der Waals surface area contributed by atoms with Gasteiger partial charge in [-0.1, -0.05) is 31.2 Å². The van der Waals surface area contributed by atoms with Crippen LogP contribution in [0.4, 0.5) is 0 Å². The zero-order chi connectivity index (χ0) is 23.8. The van der Waals surface area contributed by atoms with Crippen LogP contribution < -0.4 is 4.74 Å². The molecule has 5 atom stereocenters. The van der Waals surface area contributed by atoms with E-state index in [2.05, 4.69) is 31.2 Å². The van der Waals surface area contributed by atoms with Gasteiger partial charge in [-0.25, -0.2) is 0 Å². The molecule has 1 heterocycles. The zero-order valence-electron chi connectivity index (χ0n) is 19.1. The minimum absolute atomic E-state index is 0.0973. The van der Waals surface area contributed by atoms with Crippen LogP contribution in [0.15, 0.2) is 36.4 Å². The Hall–Kier alpha value is -2.00. The third kappa shape index (κ3) is 4.67. The molecule has 1 saturated heterocycles. The molecule has 1 aliphatic heterocycles. The van der Waals surface area contributed by atoms with E-state index < -0.39 is 36.8 Å². The highest BCUT2D eigenvalue weighted by atomic mass is 16.7. The Morgan fingerprint density at radius 3 is 2.27 bits per heavy atom. The number of aliphatic hydroxyl groups excluding tert-OH is 4. The van der Waals surface area contributed by atoms with Crippen molar-refractivity contribution in [1.29, 1.82) is 0 Å². The van der Waals surface area contributed by atoms with Crippen molar-refractivity contribution in [3.8, 4) is 5.75 Å². The largest absolute Gasteiger partial charge is 0.490 e. The van der Waals surface area contributed by atoms with Crippen molar-refractivity contribution in [2.75, 3.05) is 6.61 Å². The first-order valence-corrected chi connectivity index (χ1v) is 11.7. The van der Waals surface area contributed by atoms with Gasteiger partial charge in [0.15, 0.2) is 0 Å². The van der Waals surface area contributed by atoms with Crippen molar-refractivity contribution in [2.24, 2.45) is 0 Å². The summed E-state index contributed by atoms with van der Waals surface area (Å²) in [5, 5.41) is 52.1. The van der Waals surface area contributed by atoms with Crippen molar-refractivity contribution >= 4 is 0 Å². The molecule has 0 amide bonds. The van der Waals surface area contributed by atoms with Gasteiger partial charge in [0.2, 0.25) is 5.79 Å². The molecule has 1 aliphatic carbocycles. The molecule has 7 nitrogen and oxygen atoms in total. The summed E-state index contributed by atoms with van der Waals surface area (Å²) >= 11 is 0. The maximum absolute atomic E-state index is 11.4. The van der Waals surface area contributed by atoms with Crippen LogP contribution in [-0.4, -0.2) is 62.7 Å². The van der Waals surface area contributed by atoms with Crippen LogP contribution in [0.3, 0.4) is 0 Å². The third-order valence-electron chi connectivity index (χ3n) is 7.02. The van der Waals surface area contributed by atoms with E-state index in [0.717, 1.165) is 42.4 Å². The first-order valence-electron chi connectivity index (χ1n) is 11.7. The molecule has 2 aromatic rings. The Morgan fingerprint density at radius 1 is 1.03 bits per heavy atom. The van der Waals surface area contributed by atoms with Crippen molar-refractivity contribution in [2.45, 2.75) is 82.3 Å². The fraction of sp³-hybridized carbons (Fsp3) is 0.538. The molecule has 7 heteroatoms. The fourth-order valence-electron chi connectivity index (χ4n) is 4.43. The predicted octanol–water partition coefficient (Wildman–Crippen LogP) is 1.70. The molecule has 0 radical (unpaired) electrons. The van der Waals surface area contributed by atoms with Crippen LogP contribution in [0.2, 0.25) is 0 Å². The summed E-state index contributed by atoms with van der Waals surface area (Å²) in [7, 11) is 0. The highest BCUT2D eigenvalue weighted by molar-refractivity contribution is 5.47. The summed E-state index contributed by atoms with van der Waals surface area (Å²) in [6.45, 7) is 3.44. The van der Waals surface area contributed by atoms with E-state index in [1.54, 1.807) is 12.1 Å². The van der Waals surface area contributed by atoms with E-state index in [1.807, 2.05) is 6.92 Å². The second-order valence-corrected chi connectivity index (χ2v) is 9.24. The fourth-order valence-corrected chi connectivity index (χ4v) is 4.43. The van der Waals surface area contributed by atoms with Crippen molar-refractivity contribution < 1.29 is 35.0 Å². The van der Waals surface area contributed by atoms with Gasteiger partial charge in [0.05, 0.1) is 12.7 Å². The molecule has 180 valence electrons. The molecule has 2 fully saturated rings. The van der Waals surface area contributed by atoms with E-state index in [-0.39, 0.29) is 11.7 Å². The van der Waals surface area contributed by atoms with Crippen LogP contribution in [-0.2, 0) is 23.4 Å². The highest BCUT2D eigenvalue weighted by Gasteiger charge is 2.54. The number of aryl methyl sites for hydroxylation is 1. The summed E-state index contributed by atoms with van der Waals surface area (Å²) in [5.41, 5.74) is 4.35. The van der Waals surface area contributed by atoms with Crippen LogP contribution >= 0.6 is 0 Å². The molecule has 0 spiro atoms. The van der Waals surface area contributed by atoms with Gasteiger partial charge in [0.25, 0.3) is 0 Å². The molecule has 0 bridgehead atoms. The van der Waals surface area contributed by atoms with E-state index in [0.29, 0.717) is 12.2 Å². The minimum atomic E-state index is -2.32. The topological polar surface area (TPSA) is 120 Å². The Balaban J connectivity index is 1.74. The average Bonchev–Trinajstić information content (AvgIpc) is 2.79. The number of aliphatic hydroxyl groups is 5. The molecule has 4 rings (SSSR count). The monoisotopic (exact) mass is 458 g/mol. The van der Waals surface area contributed by atoms with E-state index in [4.69, 9.17) is 9.47 Å². The second-order valence-electron chi connectivity index (χ2n) is 9.24. The van der Waals surface area contributed by atoms with E-state index in [9.17, 15) is 25.5 Å². The molecule has 2 aromatic carbocycles. The molecule has 2 aliphatic rings. The summed E-state index contributed by atoms with van der Waals surface area (Å²) in [4.78, 5) is 0. The lowest BCUT2D eigenvalue weighted by atomic mass is 9.86. The maximum atomic E-state index is 11.4. The molecular weight excluding hydrogens is 424 g/mol. The molecule has 1 unspecified atom stereocenters. The van der Waals surface area contributed by atoms with Gasteiger partial charge in [-0.2, -0.15) is 0 Å². The van der Waals surface area contributed by atoms with Gasteiger partial charge < -0.3 is 35.0 Å². The zero-order valence-corrected chi connectivity index (χ0v) is 19.1. The number of benzene rings is 2. The Morgan fingerprint density at radius 2 is 1.70 bits per heavy atom. The van der Waals surface area contributed by atoms with Gasteiger partial charge in [0, 0.05) is 5.56 Å². The lowest BCUT2D eigenvalue weighted by molar-refractivity contribution is -0.357. The second kappa shape index (κ2) is 9.70. The van der Waals surface area contributed by atoms with Crippen molar-refractivity contribution in [1.82, 2.24) is 0 Å². The standard InChI is InChI=1S/C26H34O7/c1-3-16-7-9-17(10-8-16)11-18-12-19(13-21(15(18)2)32-20-5-4-6-20)26(31)25(30)24(29)23(28)22(14-27)33-26/h7-10,12-13,20,22-25,27-31H,3-6,11,14H2,1-2H3/t22-,23-,24+,25-,26?/m1/s1. The highest BCUT2D eigenvalue weighted by Crippen LogP contribution is 2.40. The Kier molecular flexibility index (Phi) is 7.09. The molecule has 0 aromatic heterocycles. The number of hydrogen-bond donors (Lipinski definition) is 5. The van der Waals surface area contributed by atoms with Crippen LogP contribution in [0, 0.1) is 6.92 Å². The quantitative estimate of drug-likeness (QED) is 0.428. The van der Waals surface area contributed by atoms with Crippen LogP contribution in [0.5, 0.6) is 5.75 Å². The van der Waals surface area contributed by atoms with Gasteiger partial charge in [-0.05, 0) is 73.4 Å². The first kappa shape index (κ1) is 24.1. The summed E-state index contributed by atoms with van der Waals surface area (Å²) in [5.74, 6) is -1.74. The minimum Gasteiger partial charge on any atom is -0.490 e. The van der Waals surface area contributed by atoms with E-state index >= 15 is 0 Å². The maximum Gasteiger partial charge on any atom is 0.222 e. The lowest BCUT2D eigenvalue weighted by Gasteiger charge is -2.45. The van der Waals surface area contributed by atoms with Crippen molar-refractivity contribution in [3.63, 3.8) is 0 Å². The number of ether oxygens (including phenoxy) is 2. The first-order chi connectivity index (χ1) is 15.8. The Bertz CT molecular complexity index is 954. The molecule has 5 N–H and O–H groups in total. The lowest BCUT2D eigenvalue weighted by Crippen LogP contribution is -2.63. The van der Waals surface area contributed by atoms with Crippen LogP contribution in [0.1, 0.15) is 54.0 Å². The Labute approximate surface area is 194 Å².